The fraction of sp³-hybridized carbons (Fsp3) is 0.133. The minimum absolute atomic E-state index is 0.149. The van der Waals surface area contributed by atoms with E-state index in [1.165, 1.54) is 0 Å². The van der Waals surface area contributed by atoms with Gasteiger partial charge >= 0.3 is 0 Å². The number of benzene rings is 2. The fourth-order valence-electron chi connectivity index (χ4n) is 2.14. The van der Waals surface area contributed by atoms with Gasteiger partial charge in [-0.25, -0.2) is 4.98 Å². The summed E-state index contributed by atoms with van der Waals surface area (Å²) in [7, 11) is 1.57. The van der Waals surface area contributed by atoms with Crippen molar-refractivity contribution in [2.24, 2.45) is 0 Å². The molecule has 2 aromatic carbocycles. The van der Waals surface area contributed by atoms with Crippen LogP contribution in [0, 0.1) is 6.92 Å². The lowest BCUT2D eigenvalue weighted by atomic mass is 10.2. The molecule has 1 aromatic heterocycles. The Morgan fingerprint density at radius 1 is 1.21 bits per heavy atom. The third-order valence-electron chi connectivity index (χ3n) is 3.17. The maximum atomic E-state index is 10.0. The van der Waals surface area contributed by atoms with E-state index in [1.807, 2.05) is 25.1 Å². The van der Waals surface area contributed by atoms with E-state index in [0.717, 1.165) is 16.6 Å². The molecule has 0 spiro atoms. The van der Waals surface area contributed by atoms with Crippen LogP contribution >= 0.6 is 0 Å². The first-order chi connectivity index (χ1) is 9.19. The van der Waals surface area contributed by atoms with Gasteiger partial charge in [0.15, 0.2) is 0 Å². The summed E-state index contributed by atoms with van der Waals surface area (Å²) in [6.45, 7) is 2.01. The molecule has 2 N–H and O–H groups in total. The van der Waals surface area contributed by atoms with Crippen molar-refractivity contribution in [3.63, 3.8) is 0 Å². The van der Waals surface area contributed by atoms with Gasteiger partial charge in [0.2, 0.25) is 0 Å². The molecule has 0 bridgehead atoms. The summed E-state index contributed by atoms with van der Waals surface area (Å²) < 4.78 is 5.07. The zero-order chi connectivity index (χ0) is 13.4. The maximum absolute atomic E-state index is 10.0. The van der Waals surface area contributed by atoms with Crippen molar-refractivity contribution in [1.82, 2.24) is 9.97 Å². The van der Waals surface area contributed by atoms with Crippen molar-refractivity contribution in [3.8, 4) is 22.9 Å². The normalized spacial score (nSPS) is 10.8. The van der Waals surface area contributed by atoms with Gasteiger partial charge in [0, 0.05) is 6.07 Å². The monoisotopic (exact) mass is 254 g/mol. The number of rotatable bonds is 2. The Bertz CT molecular complexity index is 747. The average molecular weight is 254 g/mol. The zero-order valence-corrected chi connectivity index (χ0v) is 10.8. The van der Waals surface area contributed by atoms with E-state index in [-0.39, 0.29) is 5.75 Å². The van der Waals surface area contributed by atoms with Gasteiger partial charge < -0.3 is 14.8 Å². The fourth-order valence-corrected chi connectivity index (χ4v) is 2.14. The Morgan fingerprint density at radius 2 is 2.05 bits per heavy atom. The Kier molecular flexibility index (Phi) is 2.63. The highest BCUT2D eigenvalue weighted by molar-refractivity contribution is 5.83. The average Bonchev–Trinajstić information content (AvgIpc) is 2.83. The summed E-state index contributed by atoms with van der Waals surface area (Å²) >= 11 is 0. The first kappa shape index (κ1) is 11.6. The zero-order valence-electron chi connectivity index (χ0n) is 10.8. The van der Waals surface area contributed by atoms with Crippen LogP contribution in [-0.4, -0.2) is 22.2 Å². The van der Waals surface area contributed by atoms with Crippen molar-refractivity contribution >= 4 is 11.0 Å². The molecule has 0 saturated heterocycles. The number of aromatic nitrogens is 2. The van der Waals surface area contributed by atoms with E-state index in [2.05, 4.69) is 9.97 Å². The van der Waals surface area contributed by atoms with Gasteiger partial charge in [0.25, 0.3) is 0 Å². The minimum atomic E-state index is 0.149. The highest BCUT2D eigenvalue weighted by Crippen LogP contribution is 2.32. The minimum Gasteiger partial charge on any atom is -0.507 e. The smallest absolute Gasteiger partial charge is 0.142 e. The molecule has 19 heavy (non-hydrogen) atoms. The van der Waals surface area contributed by atoms with Gasteiger partial charge in [-0.1, -0.05) is 12.1 Å². The molecule has 0 fully saturated rings. The van der Waals surface area contributed by atoms with Crippen LogP contribution in [0.3, 0.4) is 0 Å². The van der Waals surface area contributed by atoms with E-state index >= 15 is 0 Å². The number of nitrogens with zero attached hydrogens (tertiary/aromatic N) is 1. The van der Waals surface area contributed by atoms with E-state index in [0.29, 0.717) is 17.1 Å². The molecule has 4 heteroatoms. The van der Waals surface area contributed by atoms with Gasteiger partial charge in [-0.3, -0.25) is 0 Å². The largest absolute Gasteiger partial charge is 0.507 e. The molecule has 3 aromatic rings. The molecule has 0 aliphatic rings. The van der Waals surface area contributed by atoms with E-state index in [1.54, 1.807) is 25.3 Å². The second-order valence-corrected chi connectivity index (χ2v) is 4.44. The standard InChI is InChI=1S/C15H14N2O2/c1-9-4-3-5-12-14(9)17-15(16-12)11-7-6-10(19-2)8-13(11)18/h3-8,18H,1-2H3,(H,16,17). The number of methoxy groups -OCH3 is 1. The molecule has 0 unspecified atom stereocenters. The molecule has 0 aliphatic heterocycles. The molecule has 0 saturated carbocycles. The predicted molar refractivity (Wildman–Crippen MR) is 74.5 cm³/mol. The van der Waals surface area contributed by atoms with Crippen molar-refractivity contribution < 1.29 is 9.84 Å². The van der Waals surface area contributed by atoms with E-state index in [4.69, 9.17) is 4.74 Å². The van der Waals surface area contributed by atoms with Gasteiger partial charge in [-0.15, -0.1) is 0 Å². The highest BCUT2D eigenvalue weighted by atomic mass is 16.5. The molecule has 1 heterocycles. The summed E-state index contributed by atoms with van der Waals surface area (Å²) in [5, 5.41) is 10.0. The van der Waals surface area contributed by atoms with Crippen LogP contribution in [0.25, 0.3) is 22.4 Å². The molecular weight excluding hydrogens is 240 g/mol. The molecular formula is C15H14N2O2. The van der Waals surface area contributed by atoms with Crippen LogP contribution in [0.2, 0.25) is 0 Å². The van der Waals surface area contributed by atoms with Gasteiger partial charge in [0.1, 0.15) is 17.3 Å². The second kappa shape index (κ2) is 4.31. The topological polar surface area (TPSA) is 58.1 Å². The third kappa shape index (κ3) is 1.91. The number of phenolic OH excluding ortho intramolecular Hbond substituents is 1. The lowest BCUT2D eigenvalue weighted by Gasteiger charge is -2.04. The number of hydrogen-bond acceptors (Lipinski definition) is 3. The summed E-state index contributed by atoms with van der Waals surface area (Å²) in [5.41, 5.74) is 3.65. The van der Waals surface area contributed by atoms with Crippen LogP contribution in [0.5, 0.6) is 11.5 Å². The maximum Gasteiger partial charge on any atom is 0.142 e. The number of ether oxygens (including phenoxy) is 1. The number of aromatic hydroxyl groups is 1. The van der Waals surface area contributed by atoms with E-state index in [9.17, 15) is 5.11 Å². The van der Waals surface area contributed by atoms with Crippen molar-refractivity contribution in [2.45, 2.75) is 6.92 Å². The van der Waals surface area contributed by atoms with Crippen molar-refractivity contribution in [2.75, 3.05) is 7.11 Å². The van der Waals surface area contributed by atoms with Crippen molar-refractivity contribution in [1.29, 1.82) is 0 Å². The number of aromatic amines is 1. The van der Waals surface area contributed by atoms with Crippen molar-refractivity contribution in [3.05, 3.63) is 42.0 Å². The number of nitrogens with one attached hydrogen (secondary N) is 1. The SMILES string of the molecule is COc1ccc(-c2nc3c(C)cccc3[nH]2)c(O)c1. The lowest BCUT2D eigenvalue weighted by molar-refractivity contribution is 0.408. The molecule has 0 amide bonds. The number of H-pyrrole nitrogens is 1. The quantitative estimate of drug-likeness (QED) is 0.738. The lowest BCUT2D eigenvalue weighted by Crippen LogP contribution is -1.85. The first-order valence-electron chi connectivity index (χ1n) is 6.02. The number of hydrogen-bond donors (Lipinski definition) is 2. The van der Waals surface area contributed by atoms with Crippen LogP contribution < -0.4 is 4.74 Å². The summed E-state index contributed by atoms with van der Waals surface area (Å²) in [5.74, 6) is 1.43. The summed E-state index contributed by atoms with van der Waals surface area (Å²) in [4.78, 5) is 7.76. The summed E-state index contributed by atoms with van der Waals surface area (Å²) in [6, 6.07) is 11.1. The van der Waals surface area contributed by atoms with Gasteiger partial charge in [-0.05, 0) is 30.7 Å². The Labute approximate surface area is 110 Å². The Balaban J connectivity index is 2.16. The predicted octanol–water partition coefficient (Wildman–Crippen LogP) is 3.25. The van der Waals surface area contributed by atoms with Gasteiger partial charge in [0.05, 0.1) is 23.7 Å². The third-order valence-corrected chi connectivity index (χ3v) is 3.17. The van der Waals surface area contributed by atoms with Gasteiger partial charge in [-0.2, -0.15) is 0 Å². The molecule has 3 rings (SSSR count). The number of para-hydroxylation sites is 1. The highest BCUT2D eigenvalue weighted by Gasteiger charge is 2.11. The molecule has 96 valence electrons. The number of fused-ring (bicyclic) bond motifs is 1. The van der Waals surface area contributed by atoms with Crippen LogP contribution in [0.15, 0.2) is 36.4 Å². The molecule has 0 atom stereocenters. The van der Waals surface area contributed by atoms with Crippen LogP contribution in [0.4, 0.5) is 0 Å². The van der Waals surface area contributed by atoms with Crippen LogP contribution in [-0.2, 0) is 0 Å². The number of phenols is 1. The number of aryl methyl sites for hydroxylation is 1. The Morgan fingerprint density at radius 3 is 2.74 bits per heavy atom. The molecule has 4 nitrogen and oxygen atoms in total. The number of imidazole rings is 1. The second-order valence-electron chi connectivity index (χ2n) is 4.44. The summed E-state index contributed by atoms with van der Waals surface area (Å²) in [6.07, 6.45) is 0. The first-order valence-corrected chi connectivity index (χ1v) is 6.02. The Hall–Kier alpha value is -2.49. The van der Waals surface area contributed by atoms with E-state index < -0.39 is 0 Å². The molecule has 0 aliphatic carbocycles. The van der Waals surface area contributed by atoms with Crippen LogP contribution in [0.1, 0.15) is 5.56 Å². The molecule has 0 radical (unpaired) electrons.